The van der Waals surface area contributed by atoms with E-state index in [1.807, 2.05) is 11.4 Å². The van der Waals surface area contributed by atoms with E-state index >= 15 is 0 Å². The van der Waals surface area contributed by atoms with Gasteiger partial charge in [-0.25, -0.2) is 9.78 Å². The number of nitrogens with zero attached hydrogens (tertiary/aromatic N) is 1. The molecule has 2 rings (SSSR count). The lowest BCUT2D eigenvalue weighted by Crippen LogP contribution is -2.11. The highest BCUT2D eigenvalue weighted by molar-refractivity contribution is 14.1. The first kappa shape index (κ1) is 16.2. The molecular formula is C15H16INO3S. The van der Waals surface area contributed by atoms with E-state index in [0.717, 1.165) is 14.3 Å². The molecule has 0 unspecified atom stereocenters. The molecule has 0 atom stereocenters. The number of carboxylic acid groups (broad SMARTS) is 1. The SMILES string of the molecule is CC(C)(C)c1nc(COc2ccc(I)cc2C(=O)O)cs1. The molecule has 0 aliphatic carbocycles. The zero-order valence-corrected chi connectivity index (χ0v) is 15.0. The van der Waals surface area contributed by atoms with Gasteiger partial charge < -0.3 is 9.84 Å². The Kier molecular flexibility index (Phi) is 4.88. The summed E-state index contributed by atoms with van der Waals surface area (Å²) in [6.07, 6.45) is 0. The maximum Gasteiger partial charge on any atom is 0.339 e. The largest absolute Gasteiger partial charge is 0.486 e. The molecule has 0 radical (unpaired) electrons. The smallest absolute Gasteiger partial charge is 0.339 e. The Balaban J connectivity index is 2.13. The van der Waals surface area contributed by atoms with Crippen molar-refractivity contribution in [1.29, 1.82) is 0 Å². The van der Waals surface area contributed by atoms with Gasteiger partial charge in [0, 0.05) is 14.4 Å². The second-order valence-electron chi connectivity index (χ2n) is 5.63. The summed E-state index contributed by atoms with van der Waals surface area (Å²) in [5.74, 6) is -0.620. The van der Waals surface area contributed by atoms with Crippen molar-refractivity contribution < 1.29 is 14.6 Å². The third-order valence-corrected chi connectivity index (χ3v) is 4.73. The second-order valence-corrected chi connectivity index (χ2v) is 7.73. The monoisotopic (exact) mass is 417 g/mol. The first-order valence-corrected chi connectivity index (χ1v) is 8.34. The lowest BCUT2D eigenvalue weighted by Gasteiger charge is -2.13. The summed E-state index contributed by atoms with van der Waals surface area (Å²) in [5, 5.41) is 12.2. The molecule has 1 heterocycles. The van der Waals surface area contributed by atoms with Crippen molar-refractivity contribution in [1.82, 2.24) is 4.98 Å². The molecule has 0 amide bonds. The number of rotatable bonds is 4. The number of carbonyl (C=O) groups is 1. The molecule has 4 nitrogen and oxygen atoms in total. The topological polar surface area (TPSA) is 59.4 Å². The number of carboxylic acids is 1. The van der Waals surface area contributed by atoms with E-state index in [4.69, 9.17) is 4.74 Å². The average molecular weight is 417 g/mol. The predicted molar refractivity (Wildman–Crippen MR) is 91.3 cm³/mol. The van der Waals surface area contributed by atoms with E-state index in [-0.39, 0.29) is 17.6 Å². The van der Waals surface area contributed by atoms with Gasteiger partial charge in [-0.1, -0.05) is 20.8 Å². The van der Waals surface area contributed by atoms with E-state index in [1.165, 1.54) is 0 Å². The molecular weight excluding hydrogens is 401 g/mol. The Morgan fingerprint density at radius 1 is 1.43 bits per heavy atom. The van der Waals surface area contributed by atoms with Crippen LogP contribution >= 0.6 is 33.9 Å². The van der Waals surface area contributed by atoms with E-state index in [2.05, 4.69) is 48.3 Å². The Morgan fingerprint density at radius 3 is 2.71 bits per heavy atom. The van der Waals surface area contributed by atoms with E-state index in [9.17, 15) is 9.90 Å². The first-order chi connectivity index (χ1) is 9.77. The Labute approximate surface area is 141 Å². The van der Waals surface area contributed by atoms with Crippen LogP contribution in [0.2, 0.25) is 0 Å². The molecule has 0 saturated heterocycles. The normalized spacial score (nSPS) is 11.4. The van der Waals surface area contributed by atoms with Crippen LogP contribution in [0, 0.1) is 3.57 Å². The summed E-state index contributed by atoms with van der Waals surface area (Å²) >= 11 is 3.67. The van der Waals surface area contributed by atoms with Gasteiger partial charge in [-0.3, -0.25) is 0 Å². The van der Waals surface area contributed by atoms with Crippen LogP contribution in [0.5, 0.6) is 5.75 Å². The number of aromatic carboxylic acids is 1. The zero-order chi connectivity index (χ0) is 15.6. The quantitative estimate of drug-likeness (QED) is 0.753. The zero-order valence-electron chi connectivity index (χ0n) is 12.0. The summed E-state index contributed by atoms with van der Waals surface area (Å²) in [4.78, 5) is 15.8. The highest BCUT2D eigenvalue weighted by Gasteiger charge is 2.18. The lowest BCUT2D eigenvalue weighted by molar-refractivity contribution is 0.0691. The molecule has 1 N–H and O–H groups in total. The molecule has 21 heavy (non-hydrogen) atoms. The number of hydrogen-bond acceptors (Lipinski definition) is 4. The fourth-order valence-corrected chi connectivity index (χ4v) is 3.05. The molecule has 0 spiro atoms. The Morgan fingerprint density at radius 2 is 2.14 bits per heavy atom. The molecule has 112 valence electrons. The summed E-state index contributed by atoms with van der Waals surface area (Å²) in [5.41, 5.74) is 1.01. The first-order valence-electron chi connectivity index (χ1n) is 6.38. The molecule has 1 aromatic carbocycles. The van der Waals surface area contributed by atoms with Gasteiger partial charge in [0.2, 0.25) is 0 Å². The molecule has 0 saturated carbocycles. The van der Waals surface area contributed by atoms with Crippen LogP contribution in [0.1, 0.15) is 41.8 Å². The van der Waals surface area contributed by atoms with E-state index < -0.39 is 5.97 Å². The van der Waals surface area contributed by atoms with Crippen molar-refractivity contribution in [2.24, 2.45) is 0 Å². The number of thiazole rings is 1. The number of ether oxygens (including phenoxy) is 1. The minimum atomic E-state index is -0.989. The summed E-state index contributed by atoms with van der Waals surface area (Å²) in [7, 11) is 0. The molecule has 0 aliphatic heterocycles. The minimum absolute atomic E-state index is 0.0119. The van der Waals surface area contributed by atoms with Gasteiger partial charge in [0.1, 0.15) is 17.9 Å². The van der Waals surface area contributed by atoms with Crippen LogP contribution in [0.25, 0.3) is 0 Å². The molecule has 0 bridgehead atoms. The van der Waals surface area contributed by atoms with Crippen molar-refractivity contribution in [3.8, 4) is 5.75 Å². The summed E-state index contributed by atoms with van der Waals surface area (Å²) in [6, 6.07) is 5.10. The van der Waals surface area contributed by atoms with Gasteiger partial charge in [0.05, 0.1) is 10.7 Å². The molecule has 0 fully saturated rings. The number of benzene rings is 1. The van der Waals surface area contributed by atoms with Crippen molar-refractivity contribution in [2.45, 2.75) is 32.8 Å². The third kappa shape index (κ3) is 4.16. The fourth-order valence-electron chi connectivity index (χ4n) is 1.66. The van der Waals surface area contributed by atoms with Crippen LogP contribution in [0.3, 0.4) is 0 Å². The van der Waals surface area contributed by atoms with Gasteiger partial charge in [-0.2, -0.15) is 0 Å². The standard InChI is InChI=1S/C15H16INO3S/c1-15(2,3)14-17-10(8-21-14)7-20-12-5-4-9(16)6-11(12)13(18)19/h4-6,8H,7H2,1-3H3,(H,18,19). The third-order valence-electron chi connectivity index (χ3n) is 2.74. The number of halogens is 1. The van der Waals surface area contributed by atoms with E-state index in [1.54, 1.807) is 23.5 Å². The number of hydrogen-bond donors (Lipinski definition) is 1. The fraction of sp³-hybridized carbons (Fsp3) is 0.333. The molecule has 2 aromatic rings. The molecule has 6 heteroatoms. The Hall–Kier alpha value is -1.15. The van der Waals surface area contributed by atoms with Crippen molar-refractivity contribution in [2.75, 3.05) is 0 Å². The van der Waals surface area contributed by atoms with Crippen LogP contribution < -0.4 is 4.74 Å². The van der Waals surface area contributed by atoms with E-state index in [0.29, 0.717) is 5.75 Å². The van der Waals surface area contributed by atoms with Crippen LogP contribution in [-0.4, -0.2) is 16.1 Å². The van der Waals surface area contributed by atoms with Gasteiger partial charge in [-0.05, 0) is 40.8 Å². The Bertz CT molecular complexity index is 661. The van der Waals surface area contributed by atoms with Crippen LogP contribution in [0.15, 0.2) is 23.6 Å². The van der Waals surface area contributed by atoms with Gasteiger partial charge in [-0.15, -0.1) is 11.3 Å². The van der Waals surface area contributed by atoms with Crippen LogP contribution in [0.4, 0.5) is 0 Å². The highest BCUT2D eigenvalue weighted by Crippen LogP contribution is 2.27. The van der Waals surface area contributed by atoms with Gasteiger partial charge in [0.25, 0.3) is 0 Å². The average Bonchev–Trinajstić information content (AvgIpc) is 2.85. The summed E-state index contributed by atoms with van der Waals surface area (Å²) in [6.45, 7) is 6.60. The molecule has 0 aliphatic rings. The number of aromatic nitrogens is 1. The predicted octanol–water partition coefficient (Wildman–Crippen LogP) is 4.32. The maximum absolute atomic E-state index is 11.2. The van der Waals surface area contributed by atoms with Crippen molar-refractivity contribution in [3.63, 3.8) is 0 Å². The highest BCUT2D eigenvalue weighted by atomic mass is 127. The van der Waals surface area contributed by atoms with Gasteiger partial charge in [0.15, 0.2) is 0 Å². The minimum Gasteiger partial charge on any atom is -0.486 e. The summed E-state index contributed by atoms with van der Waals surface area (Å²) < 4.78 is 6.49. The lowest BCUT2D eigenvalue weighted by atomic mass is 9.98. The van der Waals surface area contributed by atoms with Crippen LogP contribution in [-0.2, 0) is 12.0 Å². The molecule has 1 aromatic heterocycles. The maximum atomic E-state index is 11.2. The second kappa shape index (κ2) is 6.31. The van der Waals surface area contributed by atoms with Crippen molar-refractivity contribution >= 4 is 39.9 Å². The van der Waals surface area contributed by atoms with Gasteiger partial charge >= 0.3 is 5.97 Å². The van der Waals surface area contributed by atoms with Crippen molar-refractivity contribution in [3.05, 3.63) is 43.4 Å².